The molecule has 0 fully saturated rings. The number of nitrogens with zero attached hydrogens (tertiary/aromatic N) is 5. The van der Waals surface area contributed by atoms with Gasteiger partial charge in [0.2, 0.25) is 0 Å². The second-order valence-electron chi connectivity index (χ2n) is 7.38. The van der Waals surface area contributed by atoms with Crippen LogP contribution >= 0.6 is 12.2 Å². The molecule has 0 aliphatic rings. The Kier molecular flexibility index (Phi) is 6.87. The molecule has 32 heavy (non-hydrogen) atoms. The summed E-state index contributed by atoms with van der Waals surface area (Å²) in [6.45, 7) is 1.35. The summed E-state index contributed by atoms with van der Waals surface area (Å²) in [4.78, 5) is 28.5. The lowest BCUT2D eigenvalue weighted by Crippen LogP contribution is -2.40. The molecule has 4 N–H and O–H groups in total. The molecule has 10 nitrogen and oxygen atoms in total. The van der Waals surface area contributed by atoms with Crippen LogP contribution in [0.1, 0.15) is 24.4 Å². The van der Waals surface area contributed by atoms with Crippen LogP contribution < -0.4 is 0 Å². The fraction of sp³-hybridized carbons (Fsp3) is 0.286. The zero-order valence-corrected chi connectivity index (χ0v) is 18.1. The number of nitrogens with one attached hydrogen (secondary N) is 3. The molecule has 0 aliphatic carbocycles. The van der Waals surface area contributed by atoms with Crippen LogP contribution in [0.4, 0.5) is 0 Å². The van der Waals surface area contributed by atoms with E-state index in [1.54, 1.807) is 24.9 Å². The Hall–Kier alpha value is -3.57. The minimum Gasteiger partial charge on any atom is -0.480 e. The molecule has 166 valence electrons. The van der Waals surface area contributed by atoms with Crippen molar-refractivity contribution in [3.63, 3.8) is 0 Å². The highest BCUT2D eigenvalue weighted by molar-refractivity contribution is 7.71. The molecule has 0 amide bonds. The van der Waals surface area contributed by atoms with Gasteiger partial charge in [-0.25, -0.2) is 9.97 Å². The highest BCUT2D eigenvalue weighted by atomic mass is 32.1. The molecule has 0 saturated carbocycles. The predicted molar refractivity (Wildman–Crippen MR) is 120 cm³/mol. The van der Waals surface area contributed by atoms with Crippen molar-refractivity contribution < 1.29 is 9.90 Å². The van der Waals surface area contributed by atoms with Gasteiger partial charge in [0.15, 0.2) is 10.6 Å². The largest absolute Gasteiger partial charge is 0.480 e. The van der Waals surface area contributed by atoms with Gasteiger partial charge in [0, 0.05) is 42.9 Å². The summed E-state index contributed by atoms with van der Waals surface area (Å²) in [7, 11) is 0. The number of carbonyl (C=O) groups is 1. The van der Waals surface area contributed by atoms with Gasteiger partial charge < -0.3 is 19.6 Å². The van der Waals surface area contributed by atoms with Crippen LogP contribution in [0.5, 0.6) is 0 Å². The average Bonchev–Trinajstić information content (AvgIpc) is 3.55. The molecular weight excluding hydrogens is 428 g/mol. The number of carboxylic acids is 1. The van der Waals surface area contributed by atoms with Crippen molar-refractivity contribution in [1.82, 2.24) is 39.6 Å². The van der Waals surface area contributed by atoms with Crippen LogP contribution in [0.2, 0.25) is 0 Å². The Balaban J connectivity index is 1.48. The number of H-pyrrole nitrogens is 3. The van der Waals surface area contributed by atoms with Crippen LogP contribution in [0.25, 0.3) is 11.4 Å². The van der Waals surface area contributed by atoms with Crippen LogP contribution in [0.15, 0.2) is 55.2 Å². The van der Waals surface area contributed by atoms with E-state index in [2.05, 4.69) is 30.1 Å². The SMILES string of the molecule is O=C(O)[C@H](CCCn1c(-c2ccccc2)n[nH]c1=S)N(Cc1cnc[nH]1)Cc1ncc[nH]1. The molecule has 0 radical (unpaired) electrons. The molecule has 3 heterocycles. The first-order valence-corrected chi connectivity index (χ1v) is 10.7. The molecular formula is C21H24N8O2S. The van der Waals surface area contributed by atoms with Crippen LogP contribution in [0.3, 0.4) is 0 Å². The van der Waals surface area contributed by atoms with Crippen molar-refractivity contribution in [3.05, 3.63) is 71.5 Å². The van der Waals surface area contributed by atoms with E-state index in [-0.39, 0.29) is 0 Å². The summed E-state index contributed by atoms with van der Waals surface area (Å²) in [5, 5.41) is 17.2. The van der Waals surface area contributed by atoms with Crippen molar-refractivity contribution in [1.29, 1.82) is 0 Å². The Bertz CT molecular complexity index is 1130. The van der Waals surface area contributed by atoms with E-state index in [4.69, 9.17) is 12.2 Å². The third-order valence-electron chi connectivity index (χ3n) is 5.21. The monoisotopic (exact) mass is 452 g/mol. The van der Waals surface area contributed by atoms with E-state index in [1.165, 1.54) is 0 Å². The second kappa shape index (κ2) is 10.2. The van der Waals surface area contributed by atoms with Gasteiger partial charge in [0.25, 0.3) is 0 Å². The molecule has 11 heteroatoms. The lowest BCUT2D eigenvalue weighted by atomic mass is 10.1. The number of hydrogen-bond donors (Lipinski definition) is 4. The topological polar surface area (TPSA) is 132 Å². The molecule has 0 bridgehead atoms. The molecule has 1 atom stereocenters. The molecule has 0 aliphatic heterocycles. The van der Waals surface area contributed by atoms with E-state index in [9.17, 15) is 9.90 Å². The number of rotatable bonds is 11. The first-order valence-electron chi connectivity index (χ1n) is 10.2. The standard InChI is InChI=1S/C21H24N8O2S/c30-20(31)17(28(12-16-11-22-14-25-16)13-18-23-8-9-24-18)7-4-10-29-19(26-27-21(29)32)15-5-2-1-3-6-15/h1-3,5-6,8-9,11,14,17H,4,7,10,12-13H2,(H,22,25)(H,23,24)(H,27,32)(H,30,31)/t17-/m0/s1. The number of aromatic amines is 3. The van der Waals surface area contributed by atoms with Gasteiger partial charge in [0.05, 0.1) is 12.9 Å². The molecule has 1 aromatic carbocycles. The van der Waals surface area contributed by atoms with Crippen molar-refractivity contribution in [2.75, 3.05) is 0 Å². The maximum absolute atomic E-state index is 12.2. The smallest absolute Gasteiger partial charge is 0.320 e. The maximum Gasteiger partial charge on any atom is 0.320 e. The number of aromatic nitrogens is 7. The summed E-state index contributed by atoms with van der Waals surface area (Å²) in [6, 6.07) is 9.07. The van der Waals surface area contributed by atoms with Crippen molar-refractivity contribution in [2.24, 2.45) is 0 Å². The van der Waals surface area contributed by atoms with Gasteiger partial charge >= 0.3 is 5.97 Å². The van der Waals surface area contributed by atoms with Gasteiger partial charge in [-0.3, -0.25) is 14.8 Å². The van der Waals surface area contributed by atoms with E-state index >= 15 is 0 Å². The summed E-state index contributed by atoms with van der Waals surface area (Å²) < 4.78 is 2.43. The number of imidazole rings is 2. The molecule has 0 unspecified atom stereocenters. The van der Waals surface area contributed by atoms with Crippen LogP contribution in [0, 0.1) is 4.77 Å². The van der Waals surface area contributed by atoms with Crippen molar-refractivity contribution >= 4 is 18.2 Å². The van der Waals surface area contributed by atoms with Gasteiger partial charge in [-0.05, 0) is 25.1 Å². The molecule has 0 saturated heterocycles. The Morgan fingerprint density at radius 3 is 2.75 bits per heavy atom. The lowest BCUT2D eigenvalue weighted by molar-refractivity contribution is -0.144. The Morgan fingerprint density at radius 2 is 2.06 bits per heavy atom. The Labute approximate surface area is 189 Å². The van der Waals surface area contributed by atoms with E-state index < -0.39 is 12.0 Å². The highest BCUT2D eigenvalue weighted by Gasteiger charge is 2.27. The molecule has 3 aromatic heterocycles. The number of benzene rings is 1. The summed E-state index contributed by atoms with van der Waals surface area (Å²) in [5.41, 5.74) is 1.79. The van der Waals surface area contributed by atoms with Gasteiger partial charge in [-0.1, -0.05) is 30.3 Å². The molecule has 4 rings (SSSR count). The minimum atomic E-state index is -0.879. The third-order valence-corrected chi connectivity index (χ3v) is 5.52. The lowest BCUT2D eigenvalue weighted by Gasteiger charge is -2.27. The van der Waals surface area contributed by atoms with E-state index in [0.29, 0.717) is 43.1 Å². The fourth-order valence-corrected chi connectivity index (χ4v) is 3.90. The van der Waals surface area contributed by atoms with E-state index in [0.717, 1.165) is 17.1 Å². The van der Waals surface area contributed by atoms with Gasteiger partial charge in [0.1, 0.15) is 11.9 Å². The molecule has 4 aromatic rings. The van der Waals surface area contributed by atoms with Gasteiger partial charge in [-0.15, -0.1) is 0 Å². The Morgan fingerprint density at radius 1 is 1.22 bits per heavy atom. The number of carboxylic acid groups (broad SMARTS) is 1. The van der Waals surface area contributed by atoms with Gasteiger partial charge in [-0.2, -0.15) is 5.10 Å². The maximum atomic E-state index is 12.2. The fourth-order valence-electron chi connectivity index (χ4n) is 3.68. The minimum absolute atomic E-state index is 0.378. The van der Waals surface area contributed by atoms with E-state index in [1.807, 2.05) is 39.8 Å². The first-order chi connectivity index (χ1) is 15.6. The average molecular weight is 453 g/mol. The second-order valence-corrected chi connectivity index (χ2v) is 7.77. The summed E-state index contributed by atoms with van der Waals surface area (Å²) in [5.74, 6) is 0.571. The number of hydrogen-bond acceptors (Lipinski definition) is 6. The normalized spacial score (nSPS) is 12.3. The van der Waals surface area contributed by atoms with Crippen molar-refractivity contribution in [2.45, 2.75) is 38.5 Å². The summed E-state index contributed by atoms with van der Waals surface area (Å²) in [6.07, 6.45) is 7.72. The first kappa shape index (κ1) is 21.7. The summed E-state index contributed by atoms with van der Waals surface area (Å²) >= 11 is 5.40. The zero-order chi connectivity index (χ0) is 22.3. The van der Waals surface area contributed by atoms with Crippen molar-refractivity contribution in [3.8, 4) is 11.4 Å². The quantitative estimate of drug-likeness (QED) is 0.257. The highest BCUT2D eigenvalue weighted by Crippen LogP contribution is 2.19. The van der Waals surface area contributed by atoms with Crippen LogP contribution in [-0.2, 0) is 24.4 Å². The molecule has 0 spiro atoms. The predicted octanol–water partition coefficient (Wildman–Crippen LogP) is 2.99. The van der Waals surface area contributed by atoms with Crippen LogP contribution in [-0.4, -0.2) is 56.7 Å². The number of aliphatic carboxylic acids is 1. The zero-order valence-electron chi connectivity index (χ0n) is 17.3. The third kappa shape index (κ3) is 5.18.